The molecule has 1 fully saturated rings. The fraction of sp³-hybridized carbons (Fsp3) is 0.227. The SMILES string of the molecule is Fc1ccc(Oc2ncc3c(-c4cc(OC5CCCCO5)ccc4Cl)[nH]nc3n2)c(F)c1. The molecule has 4 aromatic rings. The van der Waals surface area contributed by atoms with Crippen molar-refractivity contribution < 1.29 is 23.0 Å². The molecule has 164 valence electrons. The van der Waals surface area contributed by atoms with Crippen LogP contribution < -0.4 is 9.47 Å². The third-order valence-electron chi connectivity index (χ3n) is 5.00. The molecular weight excluding hydrogens is 442 g/mol. The topological polar surface area (TPSA) is 82.1 Å². The lowest BCUT2D eigenvalue weighted by Gasteiger charge is -2.23. The minimum atomic E-state index is -0.859. The Balaban J connectivity index is 1.43. The Morgan fingerprint density at radius 2 is 2.03 bits per heavy atom. The standard InChI is InChI=1S/C22H17ClF2N4O3/c23-16-6-5-13(31-19-3-1-2-8-30-19)10-14(16)20-15-11-26-22(27-21(15)29-28-20)32-18-7-4-12(24)9-17(18)25/h4-7,9-11,19H,1-3,8H2,(H,26,27,28,29). The minimum Gasteiger partial charge on any atom is -0.465 e. The number of hydrogen-bond donors (Lipinski definition) is 1. The average Bonchev–Trinajstić information content (AvgIpc) is 3.21. The molecule has 0 saturated carbocycles. The van der Waals surface area contributed by atoms with Crippen LogP contribution in [0.15, 0.2) is 42.6 Å². The Morgan fingerprint density at radius 3 is 2.84 bits per heavy atom. The molecule has 0 aliphatic carbocycles. The lowest BCUT2D eigenvalue weighted by atomic mass is 10.1. The highest BCUT2D eigenvalue weighted by atomic mass is 35.5. The van der Waals surface area contributed by atoms with E-state index in [0.717, 1.165) is 37.5 Å². The average molecular weight is 459 g/mol. The maximum Gasteiger partial charge on any atom is 0.324 e. The molecule has 0 radical (unpaired) electrons. The number of fused-ring (bicyclic) bond motifs is 1. The minimum absolute atomic E-state index is 0.126. The summed E-state index contributed by atoms with van der Waals surface area (Å²) in [6, 6.07) is 8.15. The van der Waals surface area contributed by atoms with E-state index in [0.29, 0.717) is 39.7 Å². The number of aromatic nitrogens is 4. The van der Waals surface area contributed by atoms with Gasteiger partial charge in [-0.25, -0.2) is 13.8 Å². The zero-order chi connectivity index (χ0) is 22.1. The molecule has 0 bridgehead atoms. The number of hydrogen-bond acceptors (Lipinski definition) is 6. The second-order valence-corrected chi connectivity index (χ2v) is 7.63. The number of nitrogens with zero attached hydrogens (tertiary/aromatic N) is 3. The molecule has 2 aromatic heterocycles. The van der Waals surface area contributed by atoms with Gasteiger partial charge in [-0.1, -0.05) is 11.6 Å². The fourth-order valence-corrected chi connectivity index (χ4v) is 3.64. The van der Waals surface area contributed by atoms with Crippen LogP contribution in [0.4, 0.5) is 8.78 Å². The summed E-state index contributed by atoms with van der Waals surface area (Å²) in [7, 11) is 0. The van der Waals surface area contributed by atoms with Gasteiger partial charge in [0.2, 0.25) is 0 Å². The third-order valence-corrected chi connectivity index (χ3v) is 5.33. The largest absolute Gasteiger partial charge is 0.465 e. The maximum atomic E-state index is 13.8. The van der Waals surface area contributed by atoms with Gasteiger partial charge in [-0.05, 0) is 43.2 Å². The molecule has 0 spiro atoms. The van der Waals surface area contributed by atoms with Crippen molar-refractivity contribution in [2.24, 2.45) is 0 Å². The maximum absolute atomic E-state index is 13.8. The van der Waals surface area contributed by atoms with E-state index in [-0.39, 0.29) is 18.1 Å². The summed E-state index contributed by atoms with van der Waals surface area (Å²) in [5.41, 5.74) is 1.55. The Morgan fingerprint density at radius 1 is 1.12 bits per heavy atom. The zero-order valence-corrected chi connectivity index (χ0v) is 17.4. The number of benzene rings is 2. The van der Waals surface area contributed by atoms with E-state index in [4.69, 9.17) is 25.8 Å². The number of aromatic amines is 1. The van der Waals surface area contributed by atoms with Crippen molar-refractivity contribution in [2.45, 2.75) is 25.6 Å². The molecular formula is C22H17ClF2N4O3. The first-order valence-corrected chi connectivity index (χ1v) is 10.4. The Labute approximate surface area is 186 Å². The summed E-state index contributed by atoms with van der Waals surface area (Å²) in [5, 5.41) is 8.17. The summed E-state index contributed by atoms with van der Waals surface area (Å²) in [4.78, 5) is 8.32. The van der Waals surface area contributed by atoms with Crippen molar-refractivity contribution in [3.8, 4) is 28.8 Å². The lowest BCUT2D eigenvalue weighted by Crippen LogP contribution is -2.24. The first kappa shape index (κ1) is 20.6. The Hall–Kier alpha value is -3.30. The lowest BCUT2D eigenvalue weighted by molar-refractivity contribution is -0.105. The zero-order valence-electron chi connectivity index (χ0n) is 16.6. The monoisotopic (exact) mass is 458 g/mol. The van der Waals surface area contributed by atoms with Crippen LogP contribution in [0.25, 0.3) is 22.3 Å². The van der Waals surface area contributed by atoms with Gasteiger partial charge in [-0.3, -0.25) is 5.10 Å². The summed E-state index contributed by atoms with van der Waals surface area (Å²) in [6.07, 6.45) is 4.12. The summed E-state index contributed by atoms with van der Waals surface area (Å²) in [5.74, 6) is -1.14. The van der Waals surface area contributed by atoms with Crippen molar-refractivity contribution in [3.05, 3.63) is 59.3 Å². The van der Waals surface area contributed by atoms with Gasteiger partial charge in [-0.15, -0.1) is 0 Å². The first-order chi connectivity index (χ1) is 15.6. The van der Waals surface area contributed by atoms with Gasteiger partial charge in [0, 0.05) is 24.2 Å². The van der Waals surface area contributed by atoms with E-state index in [9.17, 15) is 8.78 Å². The van der Waals surface area contributed by atoms with E-state index in [1.54, 1.807) is 18.2 Å². The molecule has 10 heteroatoms. The van der Waals surface area contributed by atoms with Crippen molar-refractivity contribution in [2.75, 3.05) is 6.61 Å². The van der Waals surface area contributed by atoms with E-state index in [2.05, 4.69) is 20.2 Å². The smallest absolute Gasteiger partial charge is 0.324 e. The highest BCUT2D eigenvalue weighted by Gasteiger charge is 2.18. The highest BCUT2D eigenvalue weighted by molar-refractivity contribution is 6.33. The summed E-state index contributed by atoms with van der Waals surface area (Å²) < 4.78 is 43.8. The number of H-pyrrole nitrogens is 1. The third kappa shape index (κ3) is 4.21. The van der Waals surface area contributed by atoms with Crippen molar-refractivity contribution in [1.29, 1.82) is 0 Å². The summed E-state index contributed by atoms with van der Waals surface area (Å²) >= 11 is 6.43. The van der Waals surface area contributed by atoms with Crippen molar-refractivity contribution in [3.63, 3.8) is 0 Å². The number of rotatable bonds is 5. The molecule has 1 aliphatic heterocycles. The molecule has 1 aliphatic rings. The molecule has 1 N–H and O–H groups in total. The normalized spacial score (nSPS) is 16.3. The molecule has 2 aromatic carbocycles. The van der Waals surface area contributed by atoms with Crippen LogP contribution in [-0.2, 0) is 4.74 Å². The number of halogens is 3. The van der Waals surface area contributed by atoms with Crippen LogP contribution in [0, 0.1) is 11.6 Å². The van der Waals surface area contributed by atoms with Crippen molar-refractivity contribution in [1.82, 2.24) is 20.2 Å². The molecule has 7 nitrogen and oxygen atoms in total. The molecule has 5 rings (SSSR count). The fourth-order valence-electron chi connectivity index (χ4n) is 3.42. The molecule has 32 heavy (non-hydrogen) atoms. The Kier molecular flexibility index (Phi) is 5.59. The highest BCUT2D eigenvalue weighted by Crippen LogP contribution is 2.35. The van der Waals surface area contributed by atoms with Crippen LogP contribution >= 0.6 is 11.6 Å². The van der Waals surface area contributed by atoms with E-state index in [1.807, 2.05) is 0 Å². The quantitative estimate of drug-likeness (QED) is 0.416. The second-order valence-electron chi connectivity index (χ2n) is 7.22. The van der Waals surface area contributed by atoms with Crippen LogP contribution in [0.2, 0.25) is 5.02 Å². The molecule has 1 atom stereocenters. The number of nitrogens with one attached hydrogen (secondary N) is 1. The molecule has 3 heterocycles. The molecule has 1 unspecified atom stereocenters. The van der Waals surface area contributed by atoms with Gasteiger partial charge in [0.25, 0.3) is 0 Å². The van der Waals surface area contributed by atoms with Crippen LogP contribution in [-0.4, -0.2) is 33.1 Å². The van der Waals surface area contributed by atoms with Gasteiger partial charge in [-0.2, -0.15) is 10.1 Å². The Bertz CT molecular complexity index is 1280. The summed E-state index contributed by atoms with van der Waals surface area (Å²) in [6.45, 7) is 0.680. The van der Waals surface area contributed by atoms with Gasteiger partial charge < -0.3 is 14.2 Å². The van der Waals surface area contributed by atoms with E-state index < -0.39 is 11.6 Å². The van der Waals surface area contributed by atoms with E-state index in [1.165, 1.54) is 6.20 Å². The van der Waals surface area contributed by atoms with Gasteiger partial charge in [0.1, 0.15) is 11.6 Å². The predicted molar refractivity (Wildman–Crippen MR) is 113 cm³/mol. The first-order valence-electron chi connectivity index (χ1n) is 9.99. The van der Waals surface area contributed by atoms with Gasteiger partial charge in [0.15, 0.2) is 23.5 Å². The number of ether oxygens (including phenoxy) is 3. The van der Waals surface area contributed by atoms with Crippen molar-refractivity contribution >= 4 is 22.6 Å². The molecule has 0 amide bonds. The predicted octanol–water partition coefficient (Wildman–Crippen LogP) is 5.65. The van der Waals surface area contributed by atoms with E-state index >= 15 is 0 Å². The second kappa shape index (κ2) is 8.68. The molecule has 1 saturated heterocycles. The van der Waals surface area contributed by atoms with Gasteiger partial charge in [0.05, 0.1) is 22.7 Å². The van der Waals surface area contributed by atoms with Crippen LogP contribution in [0.1, 0.15) is 19.3 Å². The van der Waals surface area contributed by atoms with Gasteiger partial charge >= 0.3 is 6.01 Å². The van der Waals surface area contributed by atoms with Crippen LogP contribution in [0.3, 0.4) is 0 Å². The van der Waals surface area contributed by atoms with Crippen LogP contribution in [0.5, 0.6) is 17.5 Å².